The molecular formula is C16H18N2O4. The largest absolute Gasteiger partial charge is 0.493 e. The molecule has 116 valence electrons. The lowest BCUT2D eigenvalue weighted by atomic mass is 10.0. The second kappa shape index (κ2) is 5.79. The van der Waals surface area contributed by atoms with Crippen molar-refractivity contribution in [2.75, 3.05) is 19.7 Å². The number of carbonyl (C=O) groups is 3. The van der Waals surface area contributed by atoms with Crippen LogP contribution in [0.3, 0.4) is 0 Å². The Hall–Kier alpha value is -2.37. The number of ether oxygens (including phenoxy) is 1. The van der Waals surface area contributed by atoms with Crippen molar-refractivity contribution in [3.63, 3.8) is 0 Å². The minimum atomic E-state index is -0.175. The van der Waals surface area contributed by atoms with Gasteiger partial charge in [-0.2, -0.15) is 0 Å². The Morgan fingerprint density at radius 2 is 1.82 bits per heavy atom. The average molecular weight is 302 g/mol. The summed E-state index contributed by atoms with van der Waals surface area (Å²) in [5.74, 6) is 0.180. The predicted molar refractivity (Wildman–Crippen MR) is 78.4 cm³/mol. The first-order valence-corrected chi connectivity index (χ1v) is 7.47. The van der Waals surface area contributed by atoms with Crippen molar-refractivity contribution in [1.82, 2.24) is 9.80 Å². The highest BCUT2D eigenvalue weighted by Gasteiger charge is 2.43. The van der Waals surface area contributed by atoms with Crippen LogP contribution in [0.1, 0.15) is 30.1 Å². The number of benzene rings is 1. The van der Waals surface area contributed by atoms with Gasteiger partial charge in [-0.3, -0.25) is 19.3 Å². The molecule has 3 rings (SSSR count). The first-order valence-electron chi connectivity index (χ1n) is 7.47. The Morgan fingerprint density at radius 1 is 1.18 bits per heavy atom. The molecule has 0 unspecified atom stereocenters. The lowest BCUT2D eigenvalue weighted by molar-refractivity contribution is -0.144. The molecule has 1 aromatic rings. The summed E-state index contributed by atoms with van der Waals surface area (Å²) in [4.78, 5) is 38.8. The van der Waals surface area contributed by atoms with Crippen molar-refractivity contribution in [3.05, 3.63) is 29.8 Å². The Bertz CT molecular complexity index is 606. The van der Waals surface area contributed by atoms with E-state index in [2.05, 4.69) is 0 Å². The molecule has 2 saturated heterocycles. The highest BCUT2D eigenvalue weighted by Crippen LogP contribution is 2.26. The van der Waals surface area contributed by atoms with Gasteiger partial charge in [0, 0.05) is 25.9 Å². The minimum absolute atomic E-state index is 0.126. The van der Waals surface area contributed by atoms with Crippen LogP contribution in [0.4, 0.5) is 0 Å². The first kappa shape index (κ1) is 14.6. The first-order chi connectivity index (χ1) is 10.6. The van der Waals surface area contributed by atoms with Crippen LogP contribution in [-0.4, -0.2) is 53.3 Å². The van der Waals surface area contributed by atoms with Gasteiger partial charge in [-0.25, -0.2) is 0 Å². The van der Waals surface area contributed by atoms with E-state index in [1.807, 2.05) is 13.0 Å². The molecule has 2 fully saturated rings. The van der Waals surface area contributed by atoms with Crippen LogP contribution in [0, 0.1) is 0 Å². The molecule has 1 aromatic carbocycles. The number of imide groups is 1. The second-order valence-electron chi connectivity index (χ2n) is 5.45. The molecule has 6 heteroatoms. The van der Waals surface area contributed by atoms with Crippen LogP contribution in [0.2, 0.25) is 0 Å². The quantitative estimate of drug-likeness (QED) is 0.780. The maximum atomic E-state index is 12.5. The summed E-state index contributed by atoms with van der Waals surface area (Å²) < 4.78 is 5.47. The number of likely N-dealkylation sites (tertiary alicyclic amines) is 2. The molecule has 0 aliphatic carbocycles. The number of amides is 3. The third-order valence-electron chi connectivity index (χ3n) is 4.02. The Kier molecular flexibility index (Phi) is 3.83. The van der Waals surface area contributed by atoms with Gasteiger partial charge < -0.3 is 9.64 Å². The van der Waals surface area contributed by atoms with Crippen molar-refractivity contribution >= 4 is 17.7 Å². The van der Waals surface area contributed by atoms with Crippen LogP contribution in [-0.2, 0) is 9.59 Å². The Morgan fingerprint density at radius 3 is 2.45 bits per heavy atom. The lowest BCUT2D eigenvalue weighted by Crippen LogP contribution is -2.62. The van der Waals surface area contributed by atoms with Crippen molar-refractivity contribution in [2.45, 2.75) is 25.8 Å². The summed E-state index contributed by atoms with van der Waals surface area (Å²) in [6.07, 6.45) is 0.576. The summed E-state index contributed by atoms with van der Waals surface area (Å²) in [5, 5.41) is 0. The van der Waals surface area contributed by atoms with E-state index in [1.54, 1.807) is 23.1 Å². The Labute approximate surface area is 128 Å². The normalized spacial score (nSPS) is 18.6. The lowest BCUT2D eigenvalue weighted by Gasteiger charge is -2.43. The monoisotopic (exact) mass is 302 g/mol. The van der Waals surface area contributed by atoms with Crippen LogP contribution in [0.25, 0.3) is 0 Å². The summed E-state index contributed by atoms with van der Waals surface area (Å²) in [6.45, 7) is 3.16. The molecule has 6 nitrogen and oxygen atoms in total. The maximum Gasteiger partial charge on any atom is 0.257 e. The van der Waals surface area contributed by atoms with Gasteiger partial charge in [-0.05, 0) is 19.1 Å². The standard InChI is InChI=1S/C16H18N2O4/c1-2-22-13-6-4-3-5-12(13)16(21)17-9-11(10-17)18-14(19)7-8-15(18)20/h3-6,11H,2,7-10H2,1H3. The fourth-order valence-corrected chi connectivity index (χ4v) is 2.88. The van der Waals surface area contributed by atoms with Crippen molar-refractivity contribution in [1.29, 1.82) is 0 Å². The molecule has 0 atom stereocenters. The Balaban J connectivity index is 1.67. The maximum absolute atomic E-state index is 12.5. The van der Waals surface area contributed by atoms with Gasteiger partial charge in [0.25, 0.3) is 5.91 Å². The number of hydrogen-bond acceptors (Lipinski definition) is 4. The van der Waals surface area contributed by atoms with Crippen LogP contribution >= 0.6 is 0 Å². The van der Waals surface area contributed by atoms with Crippen LogP contribution in [0.5, 0.6) is 5.75 Å². The molecule has 0 N–H and O–H groups in total. The van der Waals surface area contributed by atoms with E-state index < -0.39 is 0 Å². The number of nitrogens with zero attached hydrogens (tertiary/aromatic N) is 2. The van der Waals surface area contributed by atoms with Gasteiger partial charge in [0.05, 0.1) is 18.2 Å². The fourth-order valence-electron chi connectivity index (χ4n) is 2.88. The van der Waals surface area contributed by atoms with Gasteiger partial charge in [0.1, 0.15) is 5.75 Å². The second-order valence-corrected chi connectivity index (χ2v) is 5.45. The molecule has 0 saturated carbocycles. The zero-order chi connectivity index (χ0) is 15.7. The summed E-state index contributed by atoms with van der Waals surface area (Å²) in [6, 6.07) is 6.93. The molecular weight excluding hydrogens is 284 g/mol. The third-order valence-corrected chi connectivity index (χ3v) is 4.02. The molecule has 0 aromatic heterocycles. The fraction of sp³-hybridized carbons (Fsp3) is 0.438. The number of rotatable bonds is 4. The SMILES string of the molecule is CCOc1ccccc1C(=O)N1CC(N2C(=O)CCC2=O)C1. The van der Waals surface area contributed by atoms with E-state index in [4.69, 9.17) is 4.74 Å². The van der Waals surface area contributed by atoms with Gasteiger partial charge >= 0.3 is 0 Å². The zero-order valence-electron chi connectivity index (χ0n) is 12.4. The smallest absolute Gasteiger partial charge is 0.257 e. The van der Waals surface area contributed by atoms with Gasteiger partial charge in [-0.1, -0.05) is 12.1 Å². The number of para-hydroxylation sites is 1. The van der Waals surface area contributed by atoms with E-state index in [9.17, 15) is 14.4 Å². The van der Waals surface area contributed by atoms with E-state index in [-0.39, 0.29) is 36.6 Å². The number of hydrogen-bond donors (Lipinski definition) is 0. The van der Waals surface area contributed by atoms with E-state index in [1.165, 1.54) is 4.90 Å². The summed E-state index contributed by atoms with van der Waals surface area (Å²) >= 11 is 0. The minimum Gasteiger partial charge on any atom is -0.493 e. The molecule has 0 bridgehead atoms. The van der Waals surface area contributed by atoms with E-state index >= 15 is 0 Å². The average Bonchev–Trinajstić information content (AvgIpc) is 2.79. The molecule has 3 amide bonds. The van der Waals surface area contributed by atoms with Crippen molar-refractivity contribution in [2.24, 2.45) is 0 Å². The van der Waals surface area contributed by atoms with Crippen LogP contribution < -0.4 is 4.74 Å². The zero-order valence-corrected chi connectivity index (χ0v) is 12.4. The third kappa shape index (κ3) is 2.45. The highest BCUT2D eigenvalue weighted by molar-refractivity contribution is 6.03. The molecule has 0 radical (unpaired) electrons. The van der Waals surface area contributed by atoms with Crippen molar-refractivity contribution < 1.29 is 19.1 Å². The van der Waals surface area contributed by atoms with Gasteiger partial charge in [0.15, 0.2) is 0 Å². The molecule has 2 heterocycles. The van der Waals surface area contributed by atoms with Gasteiger partial charge in [-0.15, -0.1) is 0 Å². The molecule has 22 heavy (non-hydrogen) atoms. The van der Waals surface area contributed by atoms with Gasteiger partial charge in [0.2, 0.25) is 11.8 Å². The molecule has 0 spiro atoms. The number of carbonyl (C=O) groups excluding carboxylic acids is 3. The predicted octanol–water partition coefficient (Wildman–Crippen LogP) is 1.06. The summed E-state index contributed by atoms with van der Waals surface area (Å²) in [5.41, 5.74) is 0.516. The van der Waals surface area contributed by atoms with E-state index in [0.29, 0.717) is 31.0 Å². The highest BCUT2D eigenvalue weighted by atomic mass is 16.5. The van der Waals surface area contributed by atoms with Crippen molar-refractivity contribution in [3.8, 4) is 5.75 Å². The van der Waals surface area contributed by atoms with Crippen LogP contribution in [0.15, 0.2) is 24.3 Å². The molecule has 2 aliphatic rings. The van der Waals surface area contributed by atoms with E-state index in [0.717, 1.165) is 0 Å². The molecule has 2 aliphatic heterocycles. The topological polar surface area (TPSA) is 66.9 Å². The summed E-state index contributed by atoms with van der Waals surface area (Å²) in [7, 11) is 0.